The summed E-state index contributed by atoms with van der Waals surface area (Å²) >= 11 is 0. The summed E-state index contributed by atoms with van der Waals surface area (Å²) in [5, 5.41) is 13.6. The number of para-hydroxylation sites is 2. The molecule has 10 nitrogen and oxygen atoms in total. The molecule has 6 rings (SSSR count). The van der Waals surface area contributed by atoms with Gasteiger partial charge in [0, 0.05) is 38.4 Å². The highest BCUT2D eigenvalue weighted by Crippen LogP contribution is 2.40. The Bertz CT molecular complexity index is 1660. The van der Waals surface area contributed by atoms with Crippen molar-refractivity contribution in [1.29, 1.82) is 0 Å². The molecule has 2 aliphatic heterocycles. The summed E-state index contributed by atoms with van der Waals surface area (Å²) in [7, 11) is 1.55. The van der Waals surface area contributed by atoms with Crippen LogP contribution >= 0.6 is 0 Å². The summed E-state index contributed by atoms with van der Waals surface area (Å²) in [5.74, 6) is 0.803. The lowest BCUT2D eigenvalue weighted by atomic mass is 9.93. The second-order valence-electron chi connectivity index (χ2n) is 10.2. The van der Waals surface area contributed by atoms with Crippen molar-refractivity contribution in [1.82, 2.24) is 19.8 Å². The van der Waals surface area contributed by atoms with Crippen LogP contribution in [0.3, 0.4) is 0 Å². The van der Waals surface area contributed by atoms with Gasteiger partial charge in [-0.15, -0.1) is 0 Å². The molecule has 1 aromatic heterocycles. The van der Waals surface area contributed by atoms with Crippen molar-refractivity contribution in [2.24, 2.45) is 0 Å². The maximum Gasteiger partial charge on any atom is 0.326 e. The maximum atomic E-state index is 13.4. The molecule has 0 saturated carbocycles. The third-order valence-electron chi connectivity index (χ3n) is 7.75. The van der Waals surface area contributed by atoms with Crippen LogP contribution in [0.15, 0.2) is 65.5 Å². The van der Waals surface area contributed by atoms with E-state index >= 15 is 0 Å². The molecule has 4 bridgehead atoms. The lowest BCUT2D eigenvalue weighted by Gasteiger charge is -2.21. The first-order valence-electron chi connectivity index (χ1n) is 13.3. The number of carbonyl (C=O) groups excluding carboxylic acids is 2. The van der Waals surface area contributed by atoms with E-state index in [0.29, 0.717) is 31.0 Å². The van der Waals surface area contributed by atoms with Crippen molar-refractivity contribution in [2.45, 2.75) is 37.8 Å². The zero-order valence-electron chi connectivity index (χ0n) is 22.1. The highest BCUT2D eigenvalue weighted by Gasteiger charge is 2.37. The summed E-state index contributed by atoms with van der Waals surface area (Å²) in [6.45, 7) is 1.01. The summed E-state index contributed by atoms with van der Waals surface area (Å²) < 4.78 is 13.2. The fourth-order valence-electron chi connectivity index (χ4n) is 5.64. The average Bonchev–Trinajstić information content (AvgIpc) is 3.51. The quantitative estimate of drug-likeness (QED) is 0.363. The molecule has 10 heteroatoms. The number of aromatic amines is 1. The largest absolute Gasteiger partial charge is 0.504 e. The fraction of sp³-hybridized carbons (Fsp3) is 0.300. The van der Waals surface area contributed by atoms with Gasteiger partial charge in [0.15, 0.2) is 23.0 Å². The van der Waals surface area contributed by atoms with Gasteiger partial charge in [-0.2, -0.15) is 0 Å². The number of methoxy groups -OCH3 is 1. The number of fused-ring (bicyclic) bond motifs is 7. The summed E-state index contributed by atoms with van der Waals surface area (Å²) in [6, 6.07) is 17.7. The van der Waals surface area contributed by atoms with Crippen LogP contribution < -0.4 is 20.5 Å². The first-order chi connectivity index (χ1) is 19.4. The molecule has 2 atom stereocenters. The predicted octanol–water partition coefficient (Wildman–Crippen LogP) is 3.28. The number of amides is 2. The van der Waals surface area contributed by atoms with Gasteiger partial charge in [0.25, 0.3) is 0 Å². The number of carbonyl (C=O) groups is 2. The summed E-state index contributed by atoms with van der Waals surface area (Å²) in [4.78, 5) is 43.4. The standard InChI is InChI=1S/C30H30N4O6/c1-39-25-10-8-19-15-27(25)40-26-14-18(6-9-24(26)35)7-11-28(36)31-22-17-33(16-20(19)22)29(37)12-13-34-23-5-3-2-4-21(23)32-30(34)38/h2-6,8-10,14-15,20,22,35H,7,11-13,16-17H2,1H3,(H,31,36)(H,32,38)/t20-,22+/m0/s1. The molecule has 3 heterocycles. The van der Waals surface area contributed by atoms with Crippen LogP contribution in [0.1, 0.15) is 29.9 Å². The monoisotopic (exact) mass is 542 g/mol. The van der Waals surface area contributed by atoms with Crippen molar-refractivity contribution in [3.8, 4) is 23.0 Å². The van der Waals surface area contributed by atoms with Crippen LogP contribution in [0.25, 0.3) is 11.0 Å². The first kappa shape index (κ1) is 25.5. The molecule has 1 saturated heterocycles. The highest BCUT2D eigenvalue weighted by molar-refractivity contribution is 5.79. The minimum absolute atomic E-state index is 0.0136. The Morgan fingerprint density at radius 3 is 2.75 bits per heavy atom. The van der Waals surface area contributed by atoms with Gasteiger partial charge in [0.05, 0.1) is 24.2 Å². The van der Waals surface area contributed by atoms with Crippen LogP contribution in [0, 0.1) is 0 Å². The molecule has 0 radical (unpaired) electrons. The van der Waals surface area contributed by atoms with Crippen molar-refractivity contribution in [2.75, 3.05) is 20.2 Å². The van der Waals surface area contributed by atoms with Gasteiger partial charge in [-0.05, 0) is 53.9 Å². The Balaban J connectivity index is 1.27. The zero-order chi connectivity index (χ0) is 27.8. The molecular formula is C30H30N4O6. The van der Waals surface area contributed by atoms with E-state index < -0.39 is 0 Å². The van der Waals surface area contributed by atoms with Crippen LogP contribution in [-0.2, 0) is 22.6 Å². The number of aromatic nitrogens is 2. The number of likely N-dealkylation sites (tertiary alicyclic amines) is 1. The molecule has 2 aliphatic rings. The number of benzene rings is 3. The topological polar surface area (TPSA) is 126 Å². The number of imidazole rings is 1. The molecule has 0 unspecified atom stereocenters. The van der Waals surface area contributed by atoms with Gasteiger partial charge in [-0.3, -0.25) is 14.2 Å². The van der Waals surface area contributed by atoms with E-state index in [-0.39, 0.29) is 60.3 Å². The van der Waals surface area contributed by atoms with E-state index in [1.807, 2.05) is 36.4 Å². The van der Waals surface area contributed by atoms with E-state index in [9.17, 15) is 19.5 Å². The number of phenols is 1. The van der Waals surface area contributed by atoms with Crippen molar-refractivity contribution >= 4 is 22.8 Å². The zero-order valence-corrected chi connectivity index (χ0v) is 22.1. The van der Waals surface area contributed by atoms with Crippen molar-refractivity contribution in [3.63, 3.8) is 0 Å². The molecule has 0 aliphatic carbocycles. The normalized spacial score (nSPS) is 18.6. The number of aryl methyl sites for hydroxylation is 2. The lowest BCUT2D eigenvalue weighted by molar-refractivity contribution is -0.130. The molecule has 0 spiro atoms. The Labute approximate surface area is 230 Å². The fourth-order valence-corrected chi connectivity index (χ4v) is 5.64. The van der Waals surface area contributed by atoms with Gasteiger partial charge in [-0.25, -0.2) is 4.79 Å². The number of nitrogens with zero attached hydrogens (tertiary/aromatic N) is 2. The third-order valence-corrected chi connectivity index (χ3v) is 7.75. The number of phenolic OH excluding ortho intramolecular Hbond substituents is 1. The Kier molecular flexibility index (Phi) is 6.67. The number of aromatic hydroxyl groups is 1. The molecule has 3 aromatic carbocycles. The average molecular weight is 543 g/mol. The lowest BCUT2D eigenvalue weighted by Crippen LogP contribution is -2.40. The second kappa shape index (κ2) is 10.4. The van der Waals surface area contributed by atoms with Gasteiger partial charge in [0.1, 0.15) is 0 Å². The summed E-state index contributed by atoms with van der Waals surface area (Å²) in [5.41, 5.74) is 2.97. The molecule has 206 valence electrons. The van der Waals surface area contributed by atoms with Gasteiger partial charge in [-0.1, -0.05) is 24.3 Å². The minimum atomic E-state index is -0.300. The van der Waals surface area contributed by atoms with E-state index in [4.69, 9.17) is 9.47 Å². The minimum Gasteiger partial charge on any atom is -0.504 e. The van der Waals surface area contributed by atoms with Crippen LogP contribution in [0.5, 0.6) is 23.0 Å². The number of hydrogen-bond donors (Lipinski definition) is 3. The predicted molar refractivity (Wildman–Crippen MR) is 148 cm³/mol. The number of ether oxygens (including phenoxy) is 2. The molecule has 2 amide bonds. The van der Waals surface area contributed by atoms with Crippen LogP contribution in [-0.4, -0.2) is 57.6 Å². The van der Waals surface area contributed by atoms with E-state index in [2.05, 4.69) is 10.3 Å². The number of nitrogens with one attached hydrogen (secondary N) is 2. The number of hydrogen-bond acceptors (Lipinski definition) is 6. The van der Waals surface area contributed by atoms with Crippen molar-refractivity contribution in [3.05, 3.63) is 82.3 Å². The van der Waals surface area contributed by atoms with Gasteiger partial charge < -0.3 is 29.8 Å². The Morgan fingerprint density at radius 1 is 1.05 bits per heavy atom. The Morgan fingerprint density at radius 2 is 1.90 bits per heavy atom. The van der Waals surface area contributed by atoms with E-state index in [1.54, 1.807) is 40.8 Å². The smallest absolute Gasteiger partial charge is 0.326 e. The Hall–Kier alpha value is -4.73. The first-order valence-corrected chi connectivity index (χ1v) is 13.3. The molecule has 40 heavy (non-hydrogen) atoms. The van der Waals surface area contributed by atoms with Crippen molar-refractivity contribution < 1.29 is 24.2 Å². The molecular weight excluding hydrogens is 512 g/mol. The summed E-state index contributed by atoms with van der Waals surface area (Å²) in [6.07, 6.45) is 0.877. The van der Waals surface area contributed by atoms with Gasteiger partial charge >= 0.3 is 5.69 Å². The van der Waals surface area contributed by atoms with E-state index in [0.717, 1.165) is 22.2 Å². The third kappa shape index (κ3) is 4.88. The molecule has 3 N–H and O–H groups in total. The van der Waals surface area contributed by atoms with Crippen LogP contribution in [0.2, 0.25) is 0 Å². The van der Waals surface area contributed by atoms with Gasteiger partial charge in [0.2, 0.25) is 11.8 Å². The maximum absolute atomic E-state index is 13.4. The number of rotatable bonds is 4. The molecule has 1 fully saturated rings. The molecule has 4 aromatic rings. The number of H-pyrrole nitrogens is 1. The van der Waals surface area contributed by atoms with Crippen LogP contribution in [0.4, 0.5) is 0 Å². The van der Waals surface area contributed by atoms with E-state index in [1.165, 1.54) is 0 Å². The SMILES string of the molecule is COc1ccc2cc1Oc1cc(ccc1O)CCC(=O)N[C@@H]1CN(C(=O)CCn3c(=O)[nH]c4ccccc43)C[C@@H]21. The second-order valence-corrected chi connectivity index (χ2v) is 10.2. The highest BCUT2D eigenvalue weighted by atomic mass is 16.5.